The molecule has 4 aromatic rings. The molecule has 0 bridgehead atoms. The van der Waals surface area contributed by atoms with E-state index < -0.39 is 12.1 Å². The Balaban J connectivity index is 0.000000630. The van der Waals surface area contributed by atoms with E-state index in [4.69, 9.17) is 9.90 Å². The number of anilines is 1. The second kappa shape index (κ2) is 17.8. The molecule has 0 unspecified atom stereocenters. The molecule has 0 atom stereocenters. The van der Waals surface area contributed by atoms with Crippen LogP contribution in [0.3, 0.4) is 0 Å². The van der Waals surface area contributed by atoms with E-state index in [2.05, 4.69) is 99.3 Å². The van der Waals surface area contributed by atoms with E-state index in [1.165, 1.54) is 53.5 Å². The molecule has 50 heavy (non-hydrogen) atoms. The average Bonchev–Trinajstić information content (AvgIpc) is 3.65. The molecule has 1 saturated heterocycles. The number of benzene rings is 4. The Morgan fingerprint density at radius 3 is 2.04 bits per heavy atom. The van der Waals surface area contributed by atoms with Gasteiger partial charge in [-0.15, -0.1) is 0 Å². The Kier molecular flexibility index (Phi) is 13.1. The SMILES string of the molecule is O=C(Nc1ccccc1)N(Cc1ccccc1-c1cccc(CNC2CCCC2)c1)C1CCN(Cc2ccccc2)CC1.O=C(O)C(F)(F)F. The van der Waals surface area contributed by atoms with Gasteiger partial charge < -0.3 is 20.6 Å². The molecule has 2 amide bonds. The second-order valence-electron chi connectivity index (χ2n) is 12.9. The lowest BCUT2D eigenvalue weighted by Gasteiger charge is -2.39. The van der Waals surface area contributed by atoms with Crippen LogP contribution >= 0.6 is 0 Å². The van der Waals surface area contributed by atoms with Crippen molar-refractivity contribution in [3.8, 4) is 11.1 Å². The molecule has 1 aliphatic carbocycles. The number of carbonyl (C=O) groups excluding carboxylic acids is 1. The molecule has 2 fully saturated rings. The Morgan fingerprint density at radius 1 is 0.780 bits per heavy atom. The Morgan fingerprint density at radius 2 is 1.38 bits per heavy atom. The highest BCUT2D eigenvalue weighted by atomic mass is 19.4. The smallest absolute Gasteiger partial charge is 0.475 e. The van der Waals surface area contributed by atoms with E-state index >= 15 is 0 Å². The van der Waals surface area contributed by atoms with Gasteiger partial charge in [-0.1, -0.05) is 104 Å². The predicted octanol–water partition coefficient (Wildman–Crippen LogP) is 8.72. The molecule has 0 radical (unpaired) electrons. The van der Waals surface area contributed by atoms with E-state index in [-0.39, 0.29) is 12.1 Å². The molecule has 0 spiro atoms. The number of halogens is 3. The lowest BCUT2D eigenvalue weighted by Crippen LogP contribution is -2.48. The number of alkyl halides is 3. The fraction of sp³-hybridized carbons (Fsp3) is 0.350. The molecule has 10 heteroatoms. The lowest BCUT2D eigenvalue weighted by molar-refractivity contribution is -0.192. The summed E-state index contributed by atoms with van der Waals surface area (Å²) in [4.78, 5) is 27.4. The van der Waals surface area contributed by atoms with Gasteiger partial charge in [0.15, 0.2) is 0 Å². The topological polar surface area (TPSA) is 84.9 Å². The van der Waals surface area contributed by atoms with Gasteiger partial charge in [-0.3, -0.25) is 4.90 Å². The van der Waals surface area contributed by atoms with Crippen LogP contribution in [0.5, 0.6) is 0 Å². The molecule has 6 rings (SSSR count). The first-order valence-corrected chi connectivity index (χ1v) is 17.3. The fourth-order valence-electron chi connectivity index (χ4n) is 6.68. The van der Waals surface area contributed by atoms with E-state index in [1.807, 2.05) is 30.3 Å². The molecular weight excluding hydrogens is 641 g/mol. The number of hydrogen-bond donors (Lipinski definition) is 3. The summed E-state index contributed by atoms with van der Waals surface area (Å²) in [5.41, 5.74) is 7.07. The number of carboxylic acid groups (broad SMARTS) is 1. The molecule has 3 N–H and O–H groups in total. The van der Waals surface area contributed by atoms with E-state index in [0.717, 1.165) is 44.7 Å². The van der Waals surface area contributed by atoms with Crippen molar-refractivity contribution < 1.29 is 27.9 Å². The molecule has 4 aromatic carbocycles. The van der Waals surface area contributed by atoms with Crippen LogP contribution in [0.15, 0.2) is 109 Å². The highest BCUT2D eigenvalue weighted by Crippen LogP contribution is 2.29. The molecule has 1 saturated carbocycles. The van der Waals surface area contributed by atoms with Crippen molar-refractivity contribution in [3.05, 3.63) is 126 Å². The number of aliphatic carboxylic acids is 1. The monoisotopic (exact) mass is 686 g/mol. The van der Waals surface area contributed by atoms with E-state index in [1.54, 1.807) is 0 Å². The van der Waals surface area contributed by atoms with Gasteiger partial charge in [-0.25, -0.2) is 9.59 Å². The van der Waals surface area contributed by atoms with Crippen molar-refractivity contribution in [3.63, 3.8) is 0 Å². The van der Waals surface area contributed by atoms with Gasteiger partial charge in [0, 0.05) is 50.5 Å². The maximum atomic E-state index is 13.9. The zero-order chi connectivity index (χ0) is 35.3. The minimum absolute atomic E-state index is 0.0305. The third kappa shape index (κ3) is 10.9. The number of nitrogens with one attached hydrogen (secondary N) is 2. The number of amides is 2. The quantitative estimate of drug-likeness (QED) is 0.155. The predicted molar refractivity (Wildman–Crippen MR) is 190 cm³/mol. The van der Waals surface area contributed by atoms with Crippen LogP contribution < -0.4 is 10.6 Å². The van der Waals surface area contributed by atoms with Crippen molar-refractivity contribution in [1.29, 1.82) is 0 Å². The third-order valence-electron chi connectivity index (χ3n) is 9.32. The van der Waals surface area contributed by atoms with Crippen LogP contribution in [-0.2, 0) is 24.4 Å². The zero-order valence-electron chi connectivity index (χ0n) is 28.1. The molecule has 1 aliphatic heterocycles. The minimum Gasteiger partial charge on any atom is -0.475 e. The number of para-hydroxylation sites is 1. The van der Waals surface area contributed by atoms with Gasteiger partial charge in [0.05, 0.1) is 0 Å². The summed E-state index contributed by atoms with van der Waals surface area (Å²) in [7, 11) is 0. The fourth-order valence-corrected chi connectivity index (χ4v) is 6.68. The number of rotatable bonds is 10. The van der Waals surface area contributed by atoms with Gasteiger partial charge in [0.25, 0.3) is 0 Å². The van der Waals surface area contributed by atoms with Gasteiger partial charge >= 0.3 is 18.2 Å². The summed E-state index contributed by atoms with van der Waals surface area (Å²) in [6.45, 7) is 4.38. The minimum atomic E-state index is -5.08. The Labute approximate surface area is 292 Å². The van der Waals surface area contributed by atoms with E-state index in [0.29, 0.717) is 12.6 Å². The summed E-state index contributed by atoms with van der Waals surface area (Å²) in [6, 6.07) is 38.8. The largest absolute Gasteiger partial charge is 0.490 e. The normalized spacial score (nSPS) is 15.6. The first-order chi connectivity index (χ1) is 24.2. The number of likely N-dealkylation sites (tertiary alicyclic amines) is 1. The standard InChI is InChI=1S/C38H44N4O.C2HF3O2/c43-38(40-35-19-5-2-6-20-35)42(36-22-24-41(25-23-36)28-30-12-3-1-4-13-30)29-33-15-7-10-21-37(33)32-16-11-14-31(26-32)27-39-34-17-8-9-18-34;3-2(4,5)1(6)7/h1-7,10-16,19-21,26,34,36,39H,8-9,17-18,22-25,27-29H2,(H,40,43);(H,6,7). The number of nitrogens with zero attached hydrogens (tertiary/aromatic N) is 2. The Hall–Kier alpha value is -4.67. The highest BCUT2D eigenvalue weighted by molar-refractivity contribution is 5.89. The molecular formula is C40H45F3N4O3. The van der Waals surface area contributed by atoms with Crippen molar-refractivity contribution in [2.24, 2.45) is 0 Å². The summed E-state index contributed by atoms with van der Waals surface area (Å²) in [6.07, 6.45) is 2.08. The van der Waals surface area contributed by atoms with Gasteiger partial charge in [-0.2, -0.15) is 13.2 Å². The maximum Gasteiger partial charge on any atom is 0.490 e. The first kappa shape index (κ1) is 36.6. The molecule has 2 aliphatic rings. The lowest BCUT2D eigenvalue weighted by atomic mass is 9.96. The maximum absolute atomic E-state index is 13.9. The van der Waals surface area contributed by atoms with E-state index in [9.17, 15) is 18.0 Å². The second-order valence-corrected chi connectivity index (χ2v) is 12.9. The third-order valence-corrected chi connectivity index (χ3v) is 9.32. The van der Waals surface area contributed by atoms with Crippen LogP contribution in [0.4, 0.5) is 23.7 Å². The van der Waals surface area contributed by atoms with Crippen LogP contribution in [0, 0.1) is 0 Å². The zero-order valence-corrected chi connectivity index (χ0v) is 28.1. The number of urea groups is 1. The van der Waals surface area contributed by atoms with Gasteiger partial charge in [0.2, 0.25) is 0 Å². The molecule has 1 heterocycles. The average molecular weight is 687 g/mol. The first-order valence-electron chi connectivity index (χ1n) is 17.3. The van der Waals surface area contributed by atoms with Crippen molar-refractivity contribution >= 4 is 17.7 Å². The summed E-state index contributed by atoms with van der Waals surface area (Å²) in [5.74, 6) is -2.76. The van der Waals surface area contributed by atoms with Crippen molar-refractivity contribution in [2.75, 3.05) is 18.4 Å². The number of hydrogen-bond acceptors (Lipinski definition) is 4. The van der Waals surface area contributed by atoms with Crippen LogP contribution in [0.2, 0.25) is 0 Å². The summed E-state index contributed by atoms with van der Waals surface area (Å²) >= 11 is 0. The number of piperidine rings is 1. The number of carbonyl (C=O) groups is 2. The van der Waals surface area contributed by atoms with Gasteiger partial charge in [0.1, 0.15) is 0 Å². The van der Waals surface area contributed by atoms with Crippen molar-refractivity contribution in [2.45, 2.75) is 76.4 Å². The summed E-state index contributed by atoms with van der Waals surface area (Å²) < 4.78 is 31.7. The molecule has 0 aromatic heterocycles. The van der Waals surface area contributed by atoms with Gasteiger partial charge in [-0.05, 0) is 71.7 Å². The van der Waals surface area contributed by atoms with Crippen LogP contribution in [-0.4, -0.2) is 58.3 Å². The summed E-state index contributed by atoms with van der Waals surface area (Å²) in [5, 5.41) is 14.1. The molecule has 7 nitrogen and oxygen atoms in total. The van der Waals surface area contributed by atoms with Crippen molar-refractivity contribution in [1.82, 2.24) is 15.1 Å². The molecule has 264 valence electrons. The highest BCUT2D eigenvalue weighted by Gasteiger charge is 2.38. The van der Waals surface area contributed by atoms with Crippen LogP contribution in [0.1, 0.15) is 55.2 Å². The number of carboxylic acids is 1. The Bertz CT molecular complexity index is 1660. The van der Waals surface area contributed by atoms with Crippen LogP contribution in [0.25, 0.3) is 11.1 Å².